The van der Waals surface area contributed by atoms with E-state index in [9.17, 15) is 13.2 Å². The Kier molecular flexibility index (Phi) is 4.90. The van der Waals surface area contributed by atoms with Crippen molar-refractivity contribution in [2.45, 2.75) is 31.6 Å². The Balaban J connectivity index is 2.75. The van der Waals surface area contributed by atoms with Crippen LogP contribution in [0.25, 0.3) is 0 Å². The summed E-state index contributed by atoms with van der Waals surface area (Å²) in [5.41, 5.74) is -0.488. The molecule has 0 aliphatic rings. The molecular formula is C14H17NO4S. The van der Waals surface area contributed by atoms with E-state index in [2.05, 4.69) is 6.07 Å². The number of nitriles is 1. The second kappa shape index (κ2) is 6.06. The summed E-state index contributed by atoms with van der Waals surface area (Å²) in [6.07, 6.45) is 0.888. The molecular weight excluding hydrogens is 278 g/mol. The van der Waals surface area contributed by atoms with E-state index in [-0.39, 0.29) is 16.2 Å². The molecule has 1 N–H and O–H groups in total. The molecule has 0 aliphatic carbocycles. The van der Waals surface area contributed by atoms with Crippen molar-refractivity contribution in [1.29, 1.82) is 5.26 Å². The lowest BCUT2D eigenvalue weighted by Crippen LogP contribution is -2.13. The van der Waals surface area contributed by atoms with Crippen molar-refractivity contribution >= 4 is 15.8 Å². The molecule has 0 heterocycles. The van der Waals surface area contributed by atoms with Crippen molar-refractivity contribution in [2.75, 3.05) is 5.75 Å². The SMILES string of the molecule is CC(C)(C#N)CCCS(=O)(=O)c1ccc(C(=O)O)cc1. The predicted molar refractivity (Wildman–Crippen MR) is 74.1 cm³/mol. The average Bonchev–Trinajstić information content (AvgIpc) is 2.38. The molecule has 0 atom stereocenters. The fourth-order valence-corrected chi connectivity index (χ4v) is 2.99. The van der Waals surface area contributed by atoms with E-state index in [4.69, 9.17) is 10.4 Å². The van der Waals surface area contributed by atoms with E-state index < -0.39 is 21.2 Å². The second-order valence-electron chi connectivity index (χ2n) is 5.25. The third-order valence-corrected chi connectivity index (χ3v) is 4.79. The number of benzene rings is 1. The van der Waals surface area contributed by atoms with Crippen LogP contribution in [0.2, 0.25) is 0 Å². The average molecular weight is 295 g/mol. The van der Waals surface area contributed by atoms with Crippen molar-refractivity contribution < 1.29 is 18.3 Å². The second-order valence-corrected chi connectivity index (χ2v) is 7.36. The number of carboxylic acid groups (broad SMARTS) is 1. The summed E-state index contributed by atoms with van der Waals surface area (Å²) in [6.45, 7) is 3.53. The van der Waals surface area contributed by atoms with Crippen LogP contribution < -0.4 is 0 Å². The molecule has 0 unspecified atom stereocenters. The number of hydrogen-bond acceptors (Lipinski definition) is 4. The number of aromatic carboxylic acids is 1. The zero-order valence-electron chi connectivity index (χ0n) is 11.5. The highest BCUT2D eigenvalue weighted by Gasteiger charge is 2.20. The number of sulfone groups is 1. The molecule has 1 aromatic rings. The molecule has 108 valence electrons. The van der Waals surface area contributed by atoms with Gasteiger partial charge in [-0.3, -0.25) is 0 Å². The summed E-state index contributed by atoms with van der Waals surface area (Å²) in [4.78, 5) is 10.8. The van der Waals surface area contributed by atoms with Crippen molar-refractivity contribution in [3.05, 3.63) is 29.8 Å². The highest BCUT2D eigenvalue weighted by molar-refractivity contribution is 7.91. The highest BCUT2D eigenvalue weighted by Crippen LogP contribution is 2.22. The largest absolute Gasteiger partial charge is 0.478 e. The van der Waals surface area contributed by atoms with Gasteiger partial charge in [-0.05, 0) is 51.0 Å². The lowest BCUT2D eigenvalue weighted by atomic mass is 9.90. The van der Waals surface area contributed by atoms with Crippen molar-refractivity contribution in [1.82, 2.24) is 0 Å². The number of hydrogen-bond donors (Lipinski definition) is 1. The smallest absolute Gasteiger partial charge is 0.335 e. The van der Waals surface area contributed by atoms with Crippen LogP contribution in [0.3, 0.4) is 0 Å². The first-order valence-corrected chi connectivity index (χ1v) is 7.80. The predicted octanol–water partition coefficient (Wildman–Crippen LogP) is 2.49. The maximum absolute atomic E-state index is 12.1. The number of rotatable bonds is 6. The minimum atomic E-state index is -3.44. The van der Waals surface area contributed by atoms with Crippen LogP contribution in [0.5, 0.6) is 0 Å². The molecule has 0 bridgehead atoms. The maximum Gasteiger partial charge on any atom is 0.335 e. The van der Waals surface area contributed by atoms with E-state index >= 15 is 0 Å². The lowest BCUT2D eigenvalue weighted by Gasteiger charge is -2.14. The minimum absolute atomic E-state index is 0.0505. The number of nitrogens with zero attached hydrogens (tertiary/aromatic N) is 1. The third kappa shape index (κ3) is 4.35. The first kappa shape index (κ1) is 16.2. The van der Waals surface area contributed by atoms with Crippen LogP contribution in [0, 0.1) is 16.7 Å². The van der Waals surface area contributed by atoms with Gasteiger partial charge in [0.15, 0.2) is 9.84 Å². The van der Waals surface area contributed by atoms with Gasteiger partial charge >= 0.3 is 5.97 Å². The van der Waals surface area contributed by atoms with Gasteiger partial charge in [0.1, 0.15) is 0 Å². The molecule has 0 aromatic heterocycles. The van der Waals surface area contributed by atoms with Crippen LogP contribution in [0.1, 0.15) is 37.0 Å². The molecule has 0 radical (unpaired) electrons. The van der Waals surface area contributed by atoms with Crippen molar-refractivity contribution in [2.24, 2.45) is 5.41 Å². The summed E-state index contributed by atoms with van der Waals surface area (Å²) in [7, 11) is -3.44. The van der Waals surface area contributed by atoms with Crippen LogP contribution in [0.4, 0.5) is 0 Å². The van der Waals surface area contributed by atoms with Crippen molar-refractivity contribution in [3.63, 3.8) is 0 Å². The van der Waals surface area contributed by atoms with Gasteiger partial charge in [0.05, 0.1) is 27.7 Å². The first-order chi connectivity index (χ1) is 9.18. The normalized spacial score (nSPS) is 11.8. The van der Waals surface area contributed by atoms with Crippen molar-refractivity contribution in [3.8, 4) is 6.07 Å². The van der Waals surface area contributed by atoms with Gasteiger partial charge < -0.3 is 5.11 Å². The summed E-state index contributed by atoms with van der Waals surface area (Å²) in [5.74, 6) is -1.14. The van der Waals surface area contributed by atoms with Crippen LogP contribution >= 0.6 is 0 Å². The molecule has 0 amide bonds. The van der Waals surface area contributed by atoms with Crippen LogP contribution in [-0.2, 0) is 9.84 Å². The molecule has 0 spiro atoms. The number of carbonyl (C=O) groups is 1. The molecule has 0 aliphatic heterocycles. The summed E-state index contributed by atoms with van der Waals surface area (Å²) < 4.78 is 24.1. The van der Waals surface area contributed by atoms with E-state index in [0.29, 0.717) is 12.8 Å². The maximum atomic E-state index is 12.1. The zero-order valence-corrected chi connectivity index (χ0v) is 12.3. The fraction of sp³-hybridized carbons (Fsp3) is 0.429. The van der Waals surface area contributed by atoms with Gasteiger partial charge in [-0.15, -0.1) is 0 Å². The fourth-order valence-electron chi connectivity index (χ4n) is 1.68. The third-order valence-electron chi connectivity index (χ3n) is 2.98. The Labute approximate surface area is 118 Å². The molecule has 0 saturated heterocycles. The lowest BCUT2D eigenvalue weighted by molar-refractivity contribution is 0.0696. The minimum Gasteiger partial charge on any atom is -0.478 e. The van der Waals surface area contributed by atoms with E-state index in [1.165, 1.54) is 24.3 Å². The van der Waals surface area contributed by atoms with Crippen LogP contribution in [-0.4, -0.2) is 25.2 Å². The molecule has 0 saturated carbocycles. The summed E-state index contributed by atoms with van der Waals surface area (Å²) in [5, 5.41) is 17.6. The molecule has 20 heavy (non-hydrogen) atoms. The Hall–Kier alpha value is -1.87. The standard InChI is InChI=1S/C14H17NO4S/c1-14(2,10-15)8-3-9-20(18,19)12-6-4-11(5-7-12)13(16)17/h4-7H,3,8-9H2,1-2H3,(H,16,17). The Morgan fingerprint density at radius 1 is 1.30 bits per heavy atom. The zero-order chi connectivity index (χ0) is 15.4. The van der Waals surface area contributed by atoms with Gasteiger partial charge in [0.2, 0.25) is 0 Å². The van der Waals surface area contributed by atoms with Gasteiger partial charge in [0, 0.05) is 0 Å². The van der Waals surface area contributed by atoms with Gasteiger partial charge in [-0.25, -0.2) is 13.2 Å². The van der Waals surface area contributed by atoms with E-state index in [1.54, 1.807) is 13.8 Å². The Bertz CT molecular complexity index is 624. The molecule has 5 nitrogen and oxygen atoms in total. The van der Waals surface area contributed by atoms with Gasteiger partial charge in [-0.1, -0.05) is 0 Å². The molecule has 1 rings (SSSR count). The molecule has 6 heteroatoms. The van der Waals surface area contributed by atoms with Gasteiger partial charge in [-0.2, -0.15) is 5.26 Å². The van der Waals surface area contributed by atoms with Gasteiger partial charge in [0.25, 0.3) is 0 Å². The van der Waals surface area contributed by atoms with Crippen LogP contribution in [0.15, 0.2) is 29.2 Å². The first-order valence-electron chi connectivity index (χ1n) is 6.15. The molecule has 0 fully saturated rings. The summed E-state index contributed by atoms with van der Waals surface area (Å²) >= 11 is 0. The van der Waals surface area contributed by atoms with E-state index in [0.717, 1.165) is 0 Å². The molecule has 1 aromatic carbocycles. The number of carboxylic acids is 1. The summed E-state index contributed by atoms with van der Waals surface area (Å²) in [6, 6.07) is 7.27. The monoisotopic (exact) mass is 295 g/mol. The topological polar surface area (TPSA) is 95.2 Å². The quantitative estimate of drug-likeness (QED) is 0.869. The Morgan fingerprint density at radius 2 is 1.85 bits per heavy atom. The Morgan fingerprint density at radius 3 is 2.30 bits per heavy atom. The highest BCUT2D eigenvalue weighted by atomic mass is 32.2. The van der Waals surface area contributed by atoms with E-state index in [1.807, 2.05) is 0 Å².